The molecule has 88 valence electrons. The zero-order valence-electron chi connectivity index (χ0n) is 9.22. The zero-order chi connectivity index (χ0) is 11.8. The molecule has 2 rings (SSSR count). The molecule has 1 aliphatic carbocycles. The van der Waals surface area contributed by atoms with E-state index in [4.69, 9.17) is 0 Å². The third-order valence-corrected chi connectivity index (χ3v) is 3.38. The van der Waals surface area contributed by atoms with Gasteiger partial charge >= 0.3 is 6.18 Å². The largest absolute Gasteiger partial charge is 0.416 e. The maximum Gasteiger partial charge on any atom is 0.416 e. The van der Waals surface area contributed by atoms with Gasteiger partial charge in [0.25, 0.3) is 0 Å². The highest BCUT2D eigenvalue weighted by Crippen LogP contribution is 2.39. The topological polar surface area (TPSA) is 0 Å². The molecule has 0 amide bonds. The second kappa shape index (κ2) is 4.11. The van der Waals surface area contributed by atoms with Gasteiger partial charge in [-0.1, -0.05) is 31.5 Å². The number of hydrogen-bond donors (Lipinski definition) is 0. The van der Waals surface area contributed by atoms with Crippen molar-refractivity contribution in [3.05, 3.63) is 35.4 Å². The summed E-state index contributed by atoms with van der Waals surface area (Å²) in [5.41, 5.74) is 0.323. The smallest absolute Gasteiger partial charge is 0.166 e. The summed E-state index contributed by atoms with van der Waals surface area (Å²) in [6, 6.07) is 5.78. The van der Waals surface area contributed by atoms with Crippen LogP contribution in [-0.4, -0.2) is 0 Å². The Labute approximate surface area is 93.5 Å². The van der Waals surface area contributed by atoms with Crippen LogP contribution in [0, 0.1) is 5.92 Å². The second-order valence-corrected chi connectivity index (χ2v) is 4.74. The zero-order valence-corrected chi connectivity index (χ0v) is 9.22. The van der Waals surface area contributed by atoms with Gasteiger partial charge in [0.2, 0.25) is 0 Å². The van der Waals surface area contributed by atoms with Gasteiger partial charge in [-0.3, -0.25) is 0 Å². The average Bonchev–Trinajstić information content (AvgIpc) is 2.64. The van der Waals surface area contributed by atoms with Crippen LogP contribution in [0.2, 0.25) is 0 Å². The standard InChI is InChI=1S/C13H15F3/c1-9-5-6-11(7-9)10-3-2-4-12(8-10)13(14,15)16/h2-4,8-9,11H,5-7H2,1H3. The fourth-order valence-electron chi connectivity index (χ4n) is 2.48. The van der Waals surface area contributed by atoms with Gasteiger partial charge in [0.15, 0.2) is 0 Å². The van der Waals surface area contributed by atoms with Crippen LogP contribution < -0.4 is 0 Å². The normalized spacial score (nSPS) is 26.0. The van der Waals surface area contributed by atoms with Gasteiger partial charge < -0.3 is 0 Å². The van der Waals surface area contributed by atoms with E-state index in [9.17, 15) is 13.2 Å². The van der Waals surface area contributed by atoms with Gasteiger partial charge in [-0.05, 0) is 36.3 Å². The quantitative estimate of drug-likeness (QED) is 0.658. The summed E-state index contributed by atoms with van der Waals surface area (Å²) in [4.78, 5) is 0. The molecule has 16 heavy (non-hydrogen) atoms. The highest BCUT2D eigenvalue weighted by molar-refractivity contribution is 5.28. The van der Waals surface area contributed by atoms with Crippen molar-refractivity contribution >= 4 is 0 Å². The lowest BCUT2D eigenvalue weighted by molar-refractivity contribution is -0.137. The maximum atomic E-state index is 12.5. The van der Waals surface area contributed by atoms with Crippen LogP contribution in [0.5, 0.6) is 0 Å². The Kier molecular flexibility index (Phi) is 2.96. The highest BCUT2D eigenvalue weighted by Gasteiger charge is 2.31. The molecule has 0 N–H and O–H groups in total. The van der Waals surface area contributed by atoms with Crippen molar-refractivity contribution in [2.45, 2.75) is 38.3 Å². The predicted molar refractivity (Wildman–Crippen MR) is 57.2 cm³/mol. The van der Waals surface area contributed by atoms with Crippen molar-refractivity contribution in [2.24, 2.45) is 5.92 Å². The van der Waals surface area contributed by atoms with Gasteiger partial charge in [0.1, 0.15) is 0 Å². The Hall–Kier alpha value is -0.990. The van der Waals surface area contributed by atoms with Gasteiger partial charge in [-0.15, -0.1) is 0 Å². The fourth-order valence-corrected chi connectivity index (χ4v) is 2.48. The maximum absolute atomic E-state index is 12.5. The number of halogens is 3. The number of alkyl halides is 3. The molecule has 0 saturated heterocycles. The van der Waals surface area contributed by atoms with Crippen molar-refractivity contribution in [1.29, 1.82) is 0 Å². The summed E-state index contributed by atoms with van der Waals surface area (Å²) < 4.78 is 37.6. The van der Waals surface area contributed by atoms with Gasteiger partial charge in [0.05, 0.1) is 5.56 Å². The Balaban J connectivity index is 2.23. The van der Waals surface area contributed by atoms with E-state index in [1.54, 1.807) is 0 Å². The molecule has 0 bridgehead atoms. The molecular weight excluding hydrogens is 213 g/mol. The molecule has 0 aliphatic heterocycles. The van der Waals surface area contributed by atoms with Crippen LogP contribution in [0.4, 0.5) is 13.2 Å². The Morgan fingerprint density at radius 3 is 2.50 bits per heavy atom. The summed E-state index contributed by atoms with van der Waals surface area (Å²) in [6.07, 6.45) is -1.06. The summed E-state index contributed by atoms with van der Waals surface area (Å²) in [5, 5.41) is 0. The molecule has 1 fully saturated rings. The molecular formula is C13H15F3. The van der Waals surface area contributed by atoms with E-state index >= 15 is 0 Å². The fraction of sp³-hybridized carbons (Fsp3) is 0.538. The van der Waals surface area contributed by atoms with E-state index in [2.05, 4.69) is 6.92 Å². The monoisotopic (exact) mass is 228 g/mol. The first-order chi connectivity index (χ1) is 7.47. The first kappa shape index (κ1) is 11.5. The van der Waals surface area contributed by atoms with Crippen molar-refractivity contribution in [3.63, 3.8) is 0 Å². The van der Waals surface area contributed by atoms with Crippen LogP contribution in [0.15, 0.2) is 24.3 Å². The highest BCUT2D eigenvalue weighted by atomic mass is 19.4. The van der Waals surface area contributed by atoms with Gasteiger partial charge in [-0.25, -0.2) is 0 Å². The molecule has 2 atom stereocenters. The Bertz CT molecular complexity index is 368. The number of rotatable bonds is 1. The van der Waals surface area contributed by atoms with Crippen molar-refractivity contribution in [1.82, 2.24) is 0 Å². The molecule has 0 nitrogen and oxygen atoms in total. The summed E-state index contributed by atoms with van der Waals surface area (Å²) in [7, 11) is 0. The first-order valence-corrected chi connectivity index (χ1v) is 5.64. The van der Waals surface area contributed by atoms with Gasteiger partial charge in [-0.2, -0.15) is 13.2 Å². The molecule has 2 unspecified atom stereocenters. The lowest BCUT2D eigenvalue weighted by Gasteiger charge is -2.13. The lowest BCUT2D eigenvalue weighted by Crippen LogP contribution is -2.06. The van der Waals surface area contributed by atoms with Crippen LogP contribution in [0.25, 0.3) is 0 Å². The lowest BCUT2D eigenvalue weighted by atomic mass is 9.95. The van der Waals surface area contributed by atoms with Crippen LogP contribution in [0.1, 0.15) is 43.2 Å². The molecule has 0 heterocycles. The summed E-state index contributed by atoms with van der Waals surface area (Å²) in [6.45, 7) is 2.16. The minimum Gasteiger partial charge on any atom is -0.166 e. The van der Waals surface area contributed by atoms with Crippen molar-refractivity contribution in [3.8, 4) is 0 Å². The van der Waals surface area contributed by atoms with E-state index in [0.29, 0.717) is 11.8 Å². The third-order valence-electron chi connectivity index (χ3n) is 3.38. The molecule has 1 saturated carbocycles. The van der Waals surface area contributed by atoms with E-state index in [1.165, 1.54) is 12.1 Å². The van der Waals surface area contributed by atoms with Crippen molar-refractivity contribution < 1.29 is 13.2 Å². The van der Waals surface area contributed by atoms with Gasteiger partial charge in [0, 0.05) is 0 Å². The van der Waals surface area contributed by atoms with E-state index in [-0.39, 0.29) is 0 Å². The second-order valence-electron chi connectivity index (χ2n) is 4.74. The SMILES string of the molecule is CC1CCC(c2cccc(C(F)(F)F)c2)C1. The molecule has 1 aromatic rings. The molecule has 0 spiro atoms. The molecule has 0 radical (unpaired) electrons. The third kappa shape index (κ3) is 2.39. The van der Waals surface area contributed by atoms with E-state index < -0.39 is 11.7 Å². The summed E-state index contributed by atoms with van der Waals surface area (Å²) >= 11 is 0. The average molecular weight is 228 g/mol. The van der Waals surface area contributed by atoms with E-state index in [1.807, 2.05) is 6.07 Å². The van der Waals surface area contributed by atoms with E-state index in [0.717, 1.165) is 30.9 Å². The molecule has 1 aliphatic rings. The minimum atomic E-state index is -4.22. The Morgan fingerprint density at radius 2 is 1.94 bits per heavy atom. The van der Waals surface area contributed by atoms with Crippen LogP contribution >= 0.6 is 0 Å². The molecule has 3 heteroatoms. The minimum absolute atomic E-state index is 0.317. The molecule has 1 aromatic carbocycles. The molecule has 0 aromatic heterocycles. The number of hydrogen-bond acceptors (Lipinski definition) is 0. The first-order valence-electron chi connectivity index (χ1n) is 5.64. The van der Waals surface area contributed by atoms with Crippen molar-refractivity contribution in [2.75, 3.05) is 0 Å². The van der Waals surface area contributed by atoms with Crippen LogP contribution in [0.3, 0.4) is 0 Å². The summed E-state index contributed by atoms with van der Waals surface area (Å²) in [5.74, 6) is 0.955. The van der Waals surface area contributed by atoms with Crippen LogP contribution in [-0.2, 0) is 6.18 Å². The predicted octanol–water partition coefficient (Wildman–Crippen LogP) is 4.61. The Morgan fingerprint density at radius 1 is 1.19 bits per heavy atom. The number of benzene rings is 1.